The van der Waals surface area contributed by atoms with Crippen LogP contribution in [0, 0.1) is 5.92 Å². The van der Waals surface area contributed by atoms with Crippen LogP contribution >= 0.6 is 11.3 Å². The van der Waals surface area contributed by atoms with Crippen LogP contribution in [0.3, 0.4) is 0 Å². The molecule has 7 heteroatoms. The molecule has 2 atom stereocenters. The number of hydrogen-bond donors (Lipinski definition) is 1. The van der Waals surface area contributed by atoms with E-state index in [-0.39, 0.29) is 17.7 Å². The van der Waals surface area contributed by atoms with Gasteiger partial charge < -0.3 is 9.94 Å². The molecule has 0 aromatic carbocycles. The monoisotopic (exact) mass is 253 g/mol. The van der Waals surface area contributed by atoms with Gasteiger partial charge in [-0.05, 0) is 0 Å². The van der Waals surface area contributed by atoms with E-state index in [1.165, 1.54) is 0 Å². The molecule has 6 nitrogen and oxygen atoms in total. The minimum atomic E-state index is -0.979. The van der Waals surface area contributed by atoms with Crippen LogP contribution in [0.5, 0.6) is 0 Å². The first-order valence-electron chi connectivity index (χ1n) is 5.30. The van der Waals surface area contributed by atoms with Gasteiger partial charge in [0, 0.05) is 25.0 Å². The highest BCUT2D eigenvalue weighted by Gasteiger charge is 2.44. The van der Waals surface area contributed by atoms with Gasteiger partial charge in [-0.3, -0.25) is 4.90 Å². The Kier molecular flexibility index (Phi) is 2.56. The summed E-state index contributed by atoms with van der Waals surface area (Å²) in [6, 6.07) is 0. The number of oxime groups is 1. The van der Waals surface area contributed by atoms with Crippen molar-refractivity contribution in [2.24, 2.45) is 11.1 Å². The van der Waals surface area contributed by atoms with E-state index in [2.05, 4.69) is 15.0 Å². The first-order valence-corrected chi connectivity index (χ1v) is 6.25. The molecule has 1 saturated heterocycles. The summed E-state index contributed by atoms with van der Waals surface area (Å²) in [7, 11) is 0. The fourth-order valence-electron chi connectivity index (χ4n) is 2.28. The fraction of sp³-hybridized carbons (Fsp3) is 0.500. The van der Waals surface area contributed by atoms with Crippen LogP contribution in [0.15, 0.2) is 16.0 Å². The van der Waals surface area contributed by atoms with Gasteiger partial charge in [0.15, 0.2) is 5.71 Å². The molecular formula is C10H11N3O3S. The van der Waals surface area contributed by atoms with Crippen LogP contribution in [0.25, 0.3) is 0 Å². The fourth-order valence-corrected chi connectivity index (χ4v) is 2.83. The van der Waals surface area contributed by atoms with Gasteiger partial charge in [0.25, 0.3) is 0 Å². The Morgan fingerprint density at radius 2 is 2.53 bits per heavy atom. The van der Waals surface area contributed by atoms with Crippen molar-refractivity contribution in [3.05, 3.63) is 16.6 Å². The molecule has 3 rings (SSSR count). The Morgan fingerprint density at radius 3 is 3.24 bits per heavy atom. The lowest BCUT2D eigenvalue weighted by Crippen LogP contribution is -2.27. The van der Waals surface area contributed by atoms with Crippen molar-refractivity contribution in [3.63, 3.8) is 0 Å². The summed E-state index contributed by atoms with van der Waals surface area (Å²) in [5, 5.41) is 14.6. The van der Waals surface area contributed by atoms with E-state index in [4.69, 9.17) is 9.94 Å². The summed E-state index contributed by atoms with van der Waals surface area (Å²) in [6.07, 6.45) is -0.111. The number of likely N-dealkylation sites (tertiary alicyclic amines) is 1. The largest absolute Gasteiger partial charge is 0.477 e. The molecular weight excluding hydrogens is 242 g/mol. The van der Waals surface area contributed by atoms with Crippen molar-refractivity contribution in [2.45, 2.75) is 12.6 Å². The Morgan fingerprint density at radius 1 is 1.65 bits per heavy atom. The highest BCUT2D eigenvalue weighted by molar-refractivity contribution is 7.07. The third-order valence-corrected chi connectivity index (χ3v) is 3.70. The number of thiazole rings is 1. The van der Waals surface area contributed by atoms with Gasteiger partial charge in [0.05, 0.1) is 17.1 Å². The van der Waals surface area contributed by atoms with Crippen molar-refractivity contribution in [1.82, 2.24) is 9.88 Å². The number of carbonyl (C=O) groups is 1. The third kappa shape index (κ3) is 1.91. The van der Waals surface area contributed by atoms with E-state index >= 15 is 0 Å². The lowest BCUT2D eigenvalue weighted by atomic mass is 10.0. The van der Waals surface area contributed by atoms with Crippen molar-refractivity contribution in [2.75, 3.05) is 13.1 Å². The molecule has 1 N–H and O–H groups in total. The Hall–Kier alpha value is -1.47. The maximum Gasteiger partial charge on any atom is 0.354 e. The van der Waals surface area contributed by atoms with Gasteiger partial charge in [0.2, 0.25) is 0 Å². The number of hydrogen-bond acceptors (Lipinski definition) is 6. The molecule has 17 heavy (non-hydrogen) atoms. The van der Waals surface area contributed by atoms with Crippen LogP contribution in [0.4, 0.5) is 0 Å². The quantitative estimate of drug-likeness (QED) is 0.844. The normalized spacial score (nSPS) is 27.6. The van der Waals surface area contributed by atoms with Crippen molar-refractivity contribution < 1.29 is 14.7 Å². The van der Waals surface area contributed by atoms with Gasteiger partial charge >= 0.3 is 5.97 Å². The zero-order valence-corrected chi connectivity index (χ0v) is 9.76. The molecule has 90 valence electrons. The number of aromatic nitrogens is 1. The summed E-state index contributed by atoms with van der Waals surface area (Å²) in [6.45, 7) is 2.13. The number of carboxylic acids is 1. The lowest BCUT2D eigenvalue weighted by molar-refractivity contribution is -0.129. The minimum Gasteiger partial charge on any atom is -0.477 e. The second-order valence-corrected chi connectivity index (χ2v) is 4.92. The molecule has 2 aliphatic heterocycles. The van der Waals surface area contributed by atoms with Crippen LogP contribution in [0.2, 0.25) is 0 Å². The van der Waals surface area contributed by atoms with Gasteiger partial charge in [-0.2, -0.15) is 0 Å². The van der Waals surface area contributed by atoms with Crippen LogP contribution in [-0.4, -0.2) is 45.9 Å². The Labute approximate surface area is 102 Å². The van der Waals surface area contributed by atoms with Gasteiger partial charge in [0.1, 0.15) is 6.10 Å². The number of carboxylic acid groups (broad SMARTS) is 1. The molecule has 2 aliphatic rings. The maximum absolute atomic E-state index is 10.9. The average molecular weight is 253 g/mol. The van der Waals surface area contributed by atoms with Crippen molar-refractivity contribution in [1.29, 1.82) is 0 Å². The van der Waals surface area contributed by atoms with Crippen LogP contribution in [0.1, 0.15) is 5.69 Å². The first kappa shape index (κ1) is 10.7. The molecule has 1 fully saturated rings. The van der Waals surface area contributed by atoms with E-state index in [0.717, 1.165) is 12.2 Å². The van der Waals surface area contributed by atoms with E-state index in [0.29, 0.717) is 13.1 Å². The zero-order chi connectivity index (χ0) is 11.8. The molecule has 0 spiro atoms. The second-order valence-electron chi connectivity index (χ2n) is 4.21. The molecule has 0 bridgehead atoms. The summed E-state index contributed by atoms with van der Waals surface area (Å²) >= 11 is 1.56. The second kappa shape index (κ2) is 4.08. The average Bonchev–Trinajstić information content (AvgIpc) is 2.92. The molecule has 1 aromatic rings. The van der Waals surface area contributed by atoms with E-state index in [1.807, 2.05) is 5.38 Å². The Bertz CT molecular complexity index is 459. The van der Waals surface area contributed by atoms with Gasteiger partial charge in [-0.25, -0.2) is 9.78 Å². The molecule has 3 heterocycles. The van der Waals surface area contributed by atoms with Crippen LogP contribution < -0.4 is 0 Å². The molecule has 2 unspecified atom stereocenters. The number of fused-ring (bicyclic) bond motifs is 1. The van der Waals surface area contributed by atoms with Gasteiger partial charge in [-0.15, -0.1) is 11.3 Å². The predicted molar refractivity (Wildman–Crippen MR) is 60.8 cm³/mol. The Balaban J connectivity index is 1.67. The summed E-state index contributed by atoms with van der Waals surface area (Å²) in [5.41, 5.74) is 2.96. The summed E-state index contributed by atoms with van der Waals surface area (Å²) in [5.74, 6) is -1.08. The van der Waals surface area contributed by atoms with E-state index in [9.17, 15) is 4.79 Å². The first-order chi connectivity index (χ1) is 8.24. The molecule has 0 radical (unpaired) electrons. The smallest absolute Gasteiger partial charge is 0.354 e. The molecule has 0 saturated carbocycles. The molecule has 1 aromatic heterocycles. The summed E-state index contributed by atoms with van der Waals surface area (Å²) < 4.78 is 0. The van der Waals surface area contributed by atoms with Gasteiger partial charge in [-0.1, -0.05) is 5.16 Å². The molecule has 0 aliphatic carbocycles. The minimum absolute atomic E-state index is 0.105. The maximum atomic E-state index is 10.9. The predicted octanol–water partition coefficient (Wildman–Crippen LogP) is 0.414. The number of rotatable bonds is 3. The SMILES string of the molecule is O=C(O)C1=NOC2CN(Cc3cscn3)CC12. The summed E-state index contributed by atoms with van der Waals surface area (Å²) in [4.78, 5) is 22.4. The number of nitrogens with zero attached hydrogens (tertiary/aromatic N) is 3. The number of aliphatic carboxylic acids is 1. The van der Waals surface area contributed by atoms with E-state index < -0.39 is 5.97 Å². The highest BCUT2D eigenvalue weighted by Crippen LogP contribution is 2.28. The topological polar surface area (TPSA) is 75.0 Å². The molecule has 0 amide bonds. The zero-order valence-electron chi connectivity index (χ0n) is 8.94. The third-order valence-electron chi connectivity index (χ3n) is 3.07. The standard InChI is InChI=1S/C10H11N3O3S/c14-10(15)9-7-2-13(3-8(7)16-12-9)1-6-4-17-5-11-6/h4-5,7-8H,1-3H2,(H,14,15). The van der Waals surface area contributed by atoms with Crippen molar-refractivity contribution >= 4 is 23.0 Å². The van der Waals surface area contributed by atoms with Crippen LogP contribution in [-0.2, 0) is 16.2 Å². The highest BCUT2D eigenvalue weighted by atomic mass is 32.1. The van der Waals surface area contributed by atoms with Crippen molar-refractivity contribution in [3.8, 4) is 0 Å². The van der Waals surface area contributed by atoms with E-state index in [1.54, 1.807) is 16.8 Å². The lowest BCUT2D eigenvalue weighted by Gasteiger charge is -2.13.